The van der Waals surface area contributed by atoms with Gasteiger partial charge in [0.15, 0.2) is 0 Å². The van der Waals surface area contributed by atoms with Crippen LogP contribution in [-0.2, 0) is 11.2 Å². The molecule has 2 rings (SSSR count). The van der Waals surface area contributed by atoms with E-state index < -0.39 is 24.5 Å². The topological polar surface area (TPSA) is 75.6 Å². The number of nitrogens with one attached hydrogen (secondary N) is 1. The minimum atomic E-state index is -2.98. The molecule has 0 aromatic heterocycles. The van der Waals surface area contributed by atoms with E-state index in [1.165, 1.54) is 24.3 Å². The summed E-state index contributed by atoms with van der Waals surface area (Å²) < 4.78 is 28.9. The highest BCUT2D eigenvalue weighted by Crippen LogP contribution is 2.16. The molecule has 2 aromatic rings. The van der Waals surface area contributed by atoms with Crippen molar-refractivity contribution in [1.29, 1.82) is 0 Å². The molecule has 1 unspecified atom stereocenters. The molecule has 0 fully saturated rings. The molecule has 7 heteroatoms. The van der Waals surface area contributed by atoms with Crippen molar-refractivity contribution in [3.05, 3.63) is 65.7 Å². The molecule has 26 heavy (non-hydrogen) atoms. The fourth-order valence-electron chi connectivity index (χ4n) is 2.50. The second-order valence-electron chi connectivity index (χ2n) is 5.70. The maximum atomic E-state index is 12.4. The minimum Gasteiger partial charge on any atom is -0.481 e. The number of benzene rings is 2. The van der Waals surface area contributed by atoms with Crippen LogP contribution in [0.4, 0.5) is 8.78 Å². The van der Waals surface area contributed by atoms with Crippen LogP contribution in [0.15, 0.2) is 54.6 Å². The van der Waals surface area contributed by atoms with E-state index in [-0.39, 0.29) is 24.2 Å². The van der Waals surface area contributed by atoms with Crippen molar-refractivity contribution >= 4 is 11.9 Å². The first-order chi connectivity index (χ1) is 12.4. The Morgan fingerprint density at radius 2 is 1.81 bits per heavy atom. The summed E-state index contributed by atoms with van der Waals surface area (Å²) >= 11 is 0. The lowest BCUT2D eigenvalue weighted by atomic mass is 10.0. The summed E-state index contributed by atoms with van der Waals surface area (Å²) in [5.41, 5.74) is 1.12. The molecule has 2 aromatic carbocycles. The largest absolute Gasteiger partial charge is 0.481 e. The Kier molecular flexibility index (Phi) is 7.08. The number of carboxylic acid groups (broad SMARTS) is 1. The first-order valence-electron chi connectivity index (χ1n) is 8.05. The highest BCUT2D eigenvalue weighted by atomic mass is 19.3. The molecule has 0 saturated heterocycles. The summed E-state index contributed by atoms with van der Waals surface area (Å²) in [6, 6.07) is 14.4. The highest BCUT2D eigenvalue weighted by molar-refractivity contribution is 5.94. The molecule has 5 nitrogen and oxygen atoms in total. The molecule has 0 aliphatic rings. The number of halogens is 2. The van der Waals surface area contributed by atoms with E-state index in [1.54, 1.807) is 0 Å². The van der Waals surface area contributed by atoms with Gasteiger partial charge >= 0.3 is 12.6 Å². The van der Waals surface area contributed by atoms with Crippen molar-refractivity contribution in [3.8, 4) is 5.75 Å². The first-order valence-corrected chi connectivity index (χ1v) is 8.05. The Morgan fingerprint density at radius 1 is 1.08 bits per heavy atom. The van der Waals surface area contributed by atoms with Crippen LogP contribution >= 0.6 is 0 Å². The summed E-state index contributed by atoms with van der Waals surface area (Å²) in [5, 5.41) is 11.7. The van der Waals surface area contributed by atoms with Crippen LogP contribution in [0.2, 0.25) is 0 Å². The molecule has 0 saturated carbocycles. The van der Waals surface area contributed by atoms with Gasteiger partial charge in [0.2, 0.25) is 0 Å². The van der Waals surface area contributed by atoms with Crippen molar-refractivity contribution in [3.63, 3.8) is 0 Å². The summed E-state index contributed by atoms with van der Waals surface area (Å²) in [5.74, 6) is -1.54. The quantitative estimate of drug-likeness (QED) is 0.715. The van der Waals surface area contributed by atoms with Crippen LogP contribution in [0.3, 0.4) is 0 Å². The Morgan fingerprint density at radius 3 is 2.46 bits per heavy atom. The van der Waals surface area contributed by atoms with Gasteiger partial charge in [-0.3, -0.25) is 9.59 Å². The molecular formula is C19H19F2NO4. The molecule has 2 N–H and O–H groups in total. The second kappa shape index (κ2) is 9.50. The van der Waals surface area contributed by atoms with E-state index >= 15 is 0 Å². The van der Waals surface area contributed by atoms with Crippen LogP contribution < -0.4 is 10.1 Å². The van der Waals surface area contributed by atoms with Gasteiger partial charge in [0.25, 0.3) is 5.91 Å². The van der Waals surface area contributed by atoms with E-state index in [0.717, 1.165) is 5.56 Å². The third-order valence-corrected chi connectivity index (χ3v) is 3.69. The smallest absolute Gasteiger partial charge is 0.387 e. The summed E-state index contributed by atoms with van der Waals surface area (Å²) in [6.07, 6.45) is 0.628. The Hall–Kier alpha value is -2.96. The van der Waals surface area contributed by atoms with Gasteiger partial charge in [0, 0.05) is 18.0 Å². The number of hydrogen-bond donors (Lipinski definition) is 2. The second-order valence-corrected chi connectivity index (χ2v) is 5.70. The normalized spacial score (nSPS) is 11.8. The predicted molar refractivity (Wildman–Crippen MR) is 91.3 cm³/mol. The molecule has 0 spiro atoms. The maximum Gasteiger partial charge on any atom is 0.387 e. The molecule has 1 amide bonds. The average molecular weight is 363 g/mol. The minimum absolute atomic E-state index is 0.0910. The lowest BCUT2D eigenvalue weighted by Crippen LogP contribution is -2.37. The van der Waals surface area contributed by atoms with Gasteiger partial charge in [-0.05, 0) is 36.6 Å². The molecule has 0 aliphatic heterocycles. The summed E-state index contributed by atoms with van der Waals surface area (Å²) in [6.45, 7) is -2.98. The summed E-state index contributed by atoms with van der Waals surface area (Å²) in [4.78, 5) is 23.3. The number of carbonyl (C=O) groups is 2. The Balaban J connectivity index is 2.08. The van der Waals surface area contributed by atoms with Crippen LogP contribution in [0.5, 0.6) is 5.75 Å². The van der Waals surface area contributed by atoms with Crippen molar-refractivity contribution in [2.24, 2.45) is 0 Å². The number of carbonyl (C=O) groups excluding carboxylic acids is 1. The zero-order chi connectivity index (χ0) is 18.9. The molecule has 0 radical (unpaired) electrons. The van der Waals surface area contributed by atoms with Crippen molar-refractivity contribution < 1.29 is 28.2 Å². The average Bonchev–Trinajstić information content (AvgIpc) is 2.60. The van der Waals surface area contributed by atoms with E-state index in [2.05, 4.69) is 10.1 Å². The SMILES string of the molecule is O=C(O)CCC(Cc1ccccc1)NC(=O)c1cccc(OC(F)F)c1. The van der Waals surface area contributed by atoms with Gasteiger partial charge in [-0.15, -0.1) is 0 Å². The lowest BCUT2D eigenvalue weighted by molar-refractivity contribution is -0.137. The zero-order valence-electron chi connectivity index (χ0n) is 13.9. The summed E-state index contributed by atoms with van der Waals surface area (Å²) in [7, 11) is 0. The molecule has 0 heterocycles. The molecule has 0 aliphatic carbocycles. The van der Waals surface area contributed by atoms with Gasteiger partial charge in [0.1, 0.15) is 5.75 Å². The van der Waals surface area contributed by atoms with Crippen LogP contribution in [-0.4, -0.2) is 29.6 Å². The van der Waals surface area contributed by atoms with E-state index in [9.17, 15) is 18.4 Å². The maximum absolute atomic E-state index is 12.4. The predicted octanol–water partition coefficient (Wildman–Crippen LogP) is 3.49. The Labute approximate surface area is 149 Å². The van der Waals surface area contributed by atoms with Crippen molar-refractivity contribution in [2.45, 2.75) is 31.9 Å². The monoisotopic (exact) mass is 363 g/mol. The number of rotatable bonds is 9. The van der Waals surface area contributed by atoms with E-state index in [0.29, 0.717) is 6.42 Å². The lowest BCUT2D eigenvalue weighted by Gasteiger charge is -2.18. The van der Waals surface area contributed by atoms with E-state index in [4.69, 9.17) is 5.11 Å². The third-order valence-electron chi connectivity index (χ3n) is 3.69. The van der Waals surface area contributed by atoms with Gasteiger partial charge in [-0.25, -0.2) is 0 Å². The van der Waals surface area contributed by atoms with Gasteiger partial charge in [0.05, 0.1) is 0 Å². The fraction of sp³-hybridized carbons (Fsp3) is 0.263. The number of ether oxygens (including phenoxy) is 1. The molecular weight excluding hydrogens is 344 g/mol. The van der Waals surface area contributed by atoms with Crippen LogP contribution in [0.1, 0.15) is 28.8 Å². The number of carboxylic acids is 1. The van der Waals surface area contributed by atoms with Crippen molar-refractivity contribution in [2.75, 3.05) is 0 Å². The van der Waals surface area contributed by atoms with Gasteiger partial charge in [-0.2, -0.15) is 8.78 Å². The van der Waals surface area contributed by atoms with E-state index in [1.807, 2.05) is 30.3 Å². The van der Waals surface area contributed by atoms with Gasteiger partial charge < -0.3 is 15.2 Å². The number of amides is 1. The molecule has 0 bridgehead atoms. The highest BCUT2D eigenvalue weighted by Gasteiger charge is 2.17. The van der Waals surface area contributed by atoms with Gasteiger partial charge in [-0.1, -0.05) is 36.4 Å². The molecule has 1 atom stereocenters. The standard InChI is InChI=1S/C19H19F2NO4/c20-19(21)26-16-8-4-7-14(12-16)18(25)22-15(9-10-17(23)24)11-13-5-2-1-3-6-13/h1-8,12,15,19H,9-11H2,(H,22,25)(H,23,24). The fourth-order valence-corrected chi connectivity index (χ4v) is 2.50. The van der Waals surface area contributed by atoms with Crippen molar-refractivity contribution in [1.82, 2.24) is 5.32 Å². The first kappa shape index (κ1) is 19.4. The number of aliphatic carboxylic acids is 1. The molecule has 138 valence electrons. The number of alkyl halides is 2. The Bertz CT molecular complexity index is 737. The zero-order valence-corrected chi connectivity index (χ0v) is 13.9. The van der Waals surface area contributed by atoms with Crippen LogP contribution in [0, 0.1) is 0 Å². The number of hydrogen-bond acceptors (Lipinski definition) is 3. The van der Waals surface area contributed by atoms with Crippen LogP contribution in [0.25, 0.3) is 0 Å². The third kappa shape index (κ3) is 6.51.